The Morgan fingerprint density at radius 3 is 2.14 bits per heavy atom. The number of nitrogens with one attached hydrogen (secondary N) is 3. The average Bonchev–Trinajstić information content (AvgIpc) is 2.82. The molecule has 0 aliphatic carbocycles. The summed E-state index contributed by atoms with van der Waals surface area (Å²) in [5, 5.41) is 8.48. The Balaban J connectivity index is 1.63. The molecule has 6 nitrogen and oxygen atoms in total. The third-order valence-corrected chi connectivity index (χ3v) is 5.75. The molecule has 0 saturated carbocycles. The molecule has 9 heteroatoms. The lowest BCUT2D eigenvalue weighted by molar-refractivity contribution is -0.131. The van der Waals surface area contributed by atoms with Gasteiger partial charge in [-0.1, -0.05) is 60.1 Å². The predicted molar refractivity (Wildman–Crippen MR) is 133 cm³/mol. The maximum atomic E-state index is 13.4. The van der Waals surface area contributed by atoms with Gasteiger partial charge >= 0.3 is 0 Å². The summed E-state index contributed by atoms with van der Waals surface area (Å²) in [4.78, 5) is 38.1. The van der Waals surface area contributed by atoms with Crippen molar-refractivity contribution in [2.45, 2.75) is 38.4 Å². The van der Waals surface area contributed by atoms with Gasteiger partial charge in [0.25, 0.3) is 0 Å². The summed E-state index contributed by atoms with van der Waals surface area (Å²) in [5.74, 6) is -3.18. The largest absolute Gasteiger partial charge is 0.350 e. The highest BCUT2D eigenvalue weighted by molar-refractivity contribution is 6.31. The predicted octanol–water partition coefficient (Wildman–Crippen LogP) is 3.71. The fourth-order valence-electron chi connectivity index (χ4n) is 3.56. The van der Waals surface area contributed by atoms with Gasteiger partial charge in [0.2, 0.25) is 17.7 Å². The van der Waals surface area contributed by atoms with Crippen LogP contribution in [0.3, 0.4) is 0 Å². The van der Waals surface area contributed by atoms with Crippen molar-refractivity contribution in [2.75, 3.05) is 0 Å². The molecule has 3 aromatic rings. The van der Waals surface area contributed by atoms with Gasteiger partial charge in [-0.3, -0.25) is 14.4 Å². The van der Waals surface area contributed by atoms with Crippen molar-refractivity contribution in [1.82, 2.24) is 16.0 Å². The highest BCUT2D eigenvalue weighted by Crippen LogP contribution is 2.14. The van der Waals surface area contributed by atoms with Crippen LogP contribution in [-0.2, 0) is 33.8 Å². The molecule has 0 fully saturated rings. The maximum Gasteiger partial charge on any atom is 0.243 e. The highest BCUT2D eigenvalue weighted by Gasteiger charge is 2.25. The van der Waals surface area contributed by atoms with E-state index in [1.807, 2.05) is 30.3 Å². The van der Waals surface area contributed by atoms with Gasteiger partial charge in [0, 0.05) is 24.1 Å². The molecule has 0 unspecified atom stereocenters. The number of benzene rings is 3. The summed E-state index contributed by atoms with van der Waals surface area (Å²) in [5.41, 5.74) is 1.70. The highest BCUT2D eigenvalue weighted by atomic mass is 35.5. The third kappa shape index (κ3) is 8.16. The number of carbonyl (C=O) groups is 3. The van der Waals surface area contributed by atoms with E-state index in [0.717, 1.165) is 23.3 Å². The van der Waals surface area contributed by atoms with E-state index in [9.17, 15) is 23.2 Å². The molecule has 36 heavy (non-hydrogen) atoms. The monoisotopic (exact) mass is 513 g/mol. The van der Waals surface area contributed by atoms with Crippen molar-refractivity contribution in [3.05, 3.63) is 106 Å². The first-order valence-corrected chi connectivity index (χ1v) is 11.7. The molecule has 0 aliphatic heterocycles. The number of halogens is 3. The van der Waals surface area contributed by atoms with E-state index >= 15 is 0 Å². The second-order valence-corrected chi connectivity index (χ2v) is 8.71. The lowest BCUT2D eigenvalue weighted by Crippen LogP contribution is -2.53. The van der Waals surface area contributed by atoms with Crippen molar-refractivity contribution in [3.8, 4) is 0 Å². The quantitative estimate of drug-likeness (QED) is 0.386. The summed E-state index contributed by atoms with van der Waals surface area (Å²) in [6, 6.07) is 17.2. The molecule has 0 aromatic heterocycles. The Morgan fingerprint density at radius 2 is 1.47 bits per heavy atom. The van der Waals surface area contributed by atoms with Crippen molar-refractivity contribution in [1.29, 1.82) is 0 Å². The van der Waals surface area contributed by atoms with E-state index < -0.39 is 41.4 Å². The standard InChI is InChI=1S/C27H26ClF2N3O3/c1-17(32-25(34)14-19-11-21(29)15-22(30)12-19)26(35)33-24(13-18-7-3-2-4-8-18)27(36)31-16-20-9-5-6-10-23(20)28/h2-12,15,17,24H,13-14,16H2,1H3,(H,31,36)(H,32,34)(H,33,35)/t17-,24-/m0/s1. The molecule has 3 rings (SSSR count). The number of rotatable bonds is 10. The SMILES string of the molecule is C[C@H](NC(=O)Cc1cc(F)cc(F)c1)C(=O)N[C@@H](Cc1ccccc1)C(=O)NCc1ccccc1Cl. The van der Waals surface area contributed by atoms with E-state index in [1.165, 1.54) is 6.92 Å². The molecule has 0 radical (unpaired) electrons. The fourth-order valence-corrected chi connectivity index (χ4v) is 3.76. The molecule has 3 aromatic carbocycles. The van der Waals surface area contributed by atoms with Crippen molar-refractivity contribution >= 4 is 29.3 Å². The molecule has 0 bridgehead atoms. The number of hydrogen-bond acceptors (Lipinski definition) is 3. The lowest BCUT2D eigenvalue weighted by atomic mass is 10.0. The van der Waals surface area contributed by atoms with Gasteiger partial charge in [0.05, 0.1) is 6.42 Å². The van der Waals surface area contributed by atoms with Crippen LogP contribution in [0.25, 0.3) is 0 Å². The van der Waals surface area contributed by atoms with Crippen LogP contribution in [-0.4, -0.2) is 29.8 Å². The fraction of sp³-hybridized carbons (Fsp3) is 0.222. The van der Waals surface area contributed by atoms with E-state index in [2.05, 4.69) is 16.0 Å². The molecule has 3 amide bonds. The summed E-state index contributed by atoms with van der Waals surface area (Å²) in [6.45, 7) is 1.64. The second-order valence-electron chi connectivity index (χ2n) is 8.30. The van der Waals surface area contributed by atoms with Crippen LogP contribution in [0.15, 0.2) is 72.8 Å². The summed E-state index contributed by atoms with van der Waals surface area (Å²) < 4.78 is 26.8. The van der Waals surface area contributed by atoms with Crippen LogP contribution < -0.4 is 16.0 Å². The van der Waals surface area contributed by atoms with Crippen molar-refractivity contribution in [2.24, 2.45) is 0 Å². The van der Waals surface area contributed by atoms with E-state index in [1.54, 1.807) is 24.3 Å². The first-order valence-electron chi connectivity index (χ1n) is 11.3. The van der Waals surface area contributed by atoms with Gasteiger partial charge in [-0.2, -0.15) is 0 Å². The summed E-state index contributed by atoms with van der Waals surface area (Å²) >= 11 is 6.16. The van der Waals surface area contributed by atoms with Gasteiger partial charge in [-0.05, 0) is 41.8 Å². The van der Waals surface area contributed by atoms with Crippen LogP contribution in [0.4, 0.5) is 8.78 Å². The van der Waals surface area contributed by atoms with Crippen LogP contribution in [0.2, 0.25) is 5.02 Å². The molecule has 0 saturated heterocycles. The van der Waals surface area contributed by atoms with Gasteiger partial charge in [-0.15, -0.1) is 0 Å². The lowest BCUT2D eigenvalue weighted by Gasteiger charge is -2.22. The van der Waals surface area contributed by atoms with Crippen molar-refractivity contribution < 1.29 is 23.2 Å². The summed E-state index contributed by atoms with van der Waals surface area (Å²) in [6.07, 6.45) is -0.0811. The molecular formula is C27H26ClF2N3O3. The molecule has 0 heterocycles. The zero-order valence-electron chi connectivity index (χ0n) is 19.6. The van der Waals surface area contributed by atoms with Gasteiger partial charge in [-0.25, -0.2) is 8.78 Å². The minimum absolute atomic E-state index is 0.138. The number of carbonyl (C=O) groups excluding carboxylic acids is 3. The zero-order valence-corrected chi connectivity index (χ0v) is 20.3. The Bertz CT molecular complexity index is 1200. The Morgan fingerprint density at radius 1 is 0.833 bits per heavy atom. The Kier molecular flexibility index (Phi) is 9.53. The maximum absolute atomic E-state index is 13.4. The van der Waals surface area contributed by atoms with Crippen LogP contribution in [0.5, 0.6) is 0 Å². The number of amides is 3. The first kappa shape index (κ1) is 26.8. The van der Waals surface area contributed by atoms with E-state index in [4.69, 9.17) is 11.6 Å². The number of hydrogen-bond donors (Lipinski definition) is 3. The molecular weight excluding hydrogens is 488 g/mol. The van der Waals surface area contributed by atoms with Crippen LogP contribution in [0, 0.1) is 11.6 Å². The summed E-state index contributed by atoms with van der Waals surface area (Å²) in [7, 11) is 0. The van der Waals surface area contributed by atoms with Crippen molar-refractivity contribution in [3.63, 3.8) is 0 Å². The molecule has 188 valence electrons. The Hall–Kier alpha value is -3.78. The second kappa shape index (κ2) is 12.8. The zero-order chi connectivity index (χ0) is 26.1. The minimum Gasteiger partial charge on any atom is -0.350 e. The topological polar surface area (TPSA) is 87.3 Å². The normalized spacial score (nSPS) is 12.3. The smallest absolute Gasteiger partial charge is 0.243 e. The Labute approximate surface area is 213 Å². The molecule has 3 N–H and O–H groups in total. The average molecular weight is 514 g/mol. The van der Waals surface area contributed by atoms with E-state index in [0.29, 0.717) is 11.1 Å². The van der Waals surface area contributed by atoms with Crippen LogP contribution in [0.1, 0.15) is 23.6 Å². The third-order valence-electron chi connectivity index (χ3n) is 5.38. The molecule has 0 spiro atoms. The van der Waals surface area contributed by atoms with Gasteiger partial charge in [0.1, 0.15) is 23.7 Å². The van der Waals surface area contributed by atoms with E-state index in [-0.39, 0.29) is 24.9 Å². The minimum atomic E-state index is -0.995. The molecule has 0 aliphatic rings. The van der Waals surface area contributed by atoms with Crippen LogP contribution >= 0.6 is 11.6 Å². The molecule has 2 atom stereocenters. The first-order chi connectivity index (χ1) is 17.2. The van der Waals surface area contributed by atoms with Gasteiger partial charge < -0.3 is 16.0 Å². The van der Waals surface area contributed by atoms with Gasteiger partial charge in [0.15, 0.2) is 0 Å².